The van der Waals surface area contributed by atoms with E-state index in [1.54, 1.807) is 11.0 Å². The summed E-state index contributed by atoms with van der Waals surface area (Å²) in [7, 11) is -3.78. The average molecular weight is 458 g/mol. The highest BCUT2D eigenvalue weighted by Gasteiger charge is 2.31. The van der Waals surface area contributed by atoms with Crippen LogP contribution < -0.4 is 5.76 Å². The largest absolute Gasteiger partial charge is 0.420 e. The van der Waals surface area contributed by atoms with Crippen LogP contribution in [0.15, 0.2) is 50.5 Å². The molecule has 1 fully saturated rings. The summed E-state index contributed by atoms with van der Waals surface area (Å²) in [4.78, 5) is 26.7. The first-order valence-corrected chi connectivity index (χ1v) is 12.0. The number of piperazine rings is 1. The van der Waals surface area contributed by atoms with Gasteiger partial charge in [0, 0.05) is 43.9 Å². The topological polar surface area (TPSA) is 92.8 Å². The maximum absolute atomic E-state index is 13.2. The van der Waals surface area contributed by atoms with Crippen molar-refractivity contribution in [3.05, 3.63) is 63.6 Å². The van der Waals surface area contributed by atoms with Gasteiger partial charge in [-0.3, -0.25) is 9.36 Å². The van der Waals surface area contributed by atoms with E-state index < -0.39 is 15.8 Å². The number of fused-ring (bicyclic) bond motifs is 1. The number of benzene rings is 2. The van der Waals surface area contributed by atoms with E-state index in [0.717, 1.165) is 11.1 Å². The summed E-state index contributed by atoms with van der Waals surface area (Å²) >= 11 is 0. The monoisotopic (exact) mass is 457 g/mol. The van der Waals surface area contributed by atoms with Crippen LogP contribution in [0, 0.1) is 13.8 Å². The van der Waals surface area contributed by atoms with Crippen molar-refractivity contribution in [2.75, 3.05) is 26.2 Å². The Kier molecular flexibility index (Phi) is 5.72. The first-order chi connectivity index (χ1) is 15.1. The summed E-state index contributed by atoms with van der Waals surface area (Å²) in [5.74, 6) is -0.602. The number of aromatic nitrogens is 1. The molecule has 1 aliphatic rings. The SMILES string of the molecule is Cc1cc(C)cc(C(=O)N2CCN(S(=O)(=O)c3ccc4c(c3)oc(=O)n4C(C)C)CC2)c1. The summed E-state index contributed by atoms with van der Waals surface area (Å²) in [6.45, 7) is 8.64. The van der Waals surface area contributed by atoms with E-state index in [0.29, 0.717) is 24.2 Å². The number of hydrogen-bond donors (Lipinski definition) is 0. The van der Waals surface area contributed by atoms with Crippen molar-refractivity contribution in [1.29, 1.82) is 0 Å². The molecule has 8 nitrogen and oxygen atoms in total. The molecule has 0 spiro atoms. The lowest BCUT2D eigenvalue weighted by Crippen LogP contribution is -2.50. The summed E-state index contributed by atoms with van der Waals surface area (Å²) < 4.78 is 34.5. The number of aryl methyl sites for hydroxylation is 2. The molecule has 2 aromatic carbocycles. The van der Waals surface area contributed by atoms with E-state index in [-0.39, 0.29) is 35.5 Å². The normalized spacial score (nSPS) is 15.6. The van der Waals surface area contributed by atoms with Gasteiger partial charge in [-0.2, -0.15) is 4.31 Å². The molecule has 1 amide bonds. The van der Waals surface area contributed by atoms with Gasteiger partial charge in [-0.05, 0) is 52.0 Å². The maximum Gasteiger partial charge on any atom is 0.420 e. The lowest BCUT2D eigenvalue weighted by atomic mass is 10.1. The van der Waals surface area contributed by atoms with Crippen molar-refractivity contribution in [3.63, 3.8) is 0 Å². The van der Waals surface area contributed by atoms with Gasteiger partial charge in [0.25, 0.3) is 5.91 Å². The van der Waals surface area contributed by atoms with Crippen LogP contribution in [0.25, 0.3) is 11.1 Å². The molecule has 0 radical (unpaired) electrons. The van der Waals surface area contributed by atoms with Gasteiger partial charge < -0.3 is 9.32 Å². The zero-order valence-corrected chi connectivity index (χ0v) is 19.5. The van der Waals surface area contributed by atoms with Crippen LogP contribution in [-0.4, -0.2) is 54.3 Å². The Hall–Kier alpha value is -2.91. The van der Waals surface area contributed by atoms with E-state index in [2.05, 4.69) is 0 Å². The zero-order chi connectivity index (χ0) is 23.2. The third-order valence-corrected chi connectivity index (χ3v) is 7.63. The Labute approximate surface area is 187 Å². The highest BCUT2D eigenvalue weighted by atomic mass is 32.2. The van der Waals surface area contributed by atoms with E-state index in [1.165, 1.54) is 21.0 Å². The second kappa shape index (κ2) is 8.22. The number of carbonyl (C=O) groups is 1. The fourth-order valence-electron chi connectivity index (χ4n) is 4.23. The zero-order valence-electron chi connectivity index (χ0n) is 18.7. The Bertz CT molecular complexity index is 1330. The Balaban J connectivity index is 1.53. The maximum atomic E-state index is 13.2. The minimum Gasteiger partial charge on any atom is -0.408 e. The molecule has 32 heavy (non-hydrogen) atoms. The molecule has 0 N–H and O–H groups in total. The van der Waals surface area contributed by atoms with Crippen molar-refractivity contribution < 1.29 is 17.6 Å². The van der Waals surface area contributed by atoms with Crippen LogP contribution in [0.1, 0.15) is 41.4 Å². The highest BCUT2D eigenvalue weighted by Crippen LogP contribution is 2.24. The van der Waals surface area contributed by atoms with Gasteiger partial charge in [-0.1, -0.05) is 17.2 Å². The third kappa shape index (κ3) is 3.98. The van der Waals surface area contributed by atoms with Gasteiger partial charge in [0.15, 0.2) is 5.58 Å². The molecule has 4 rings (SSSR count). The number of sulfonamides is 1. The van der Waals surface area contributed by atoms with Crippen LogP contribution in [0.4, 0.5) is 0 Å². The van der Waals surface area contributed by atoms with Crippen LogP contribution in [0.3, 0.4) is 0 Å². The summed E-state index contributed by atoms with van der Waals surface area (Å²) in [5.41, 5.74) is 3.46. The summed E-state index contributed by atoms with van der Waals surface area (Å²) in [6.07, 6.45) is 0. The van der Waals surface area contributed by atoms with Gasteiger partial charge >= 0.3 is 5.76 Å². The number of rotatable bonds is 4. The third-order valence-electron chi connectivity index (χ3n) is 5.73. The number of oxazole rings is 1. The Morgan fingerprint density at radius 2 is 1.59 bits per heavy atom. The van der Waals surface area contributed by atoms with Crippen LogP contribution in [0.2, 0.25) is 0 Å². The quantitative estimate of drug-likeness (QED) is 0.601. The number of nitrogens with zero attached hydrogens (tertiary/aromatic N) is 3. The minimum absolute atomic E-state index is 0.0729. The van der Waals surface area contributed by atoms with Crippen LogP contribution in [-0.2, 0) is 10.0 Å². The average Bonchev–Trinajstić information content (AvgIpc) is 3.07. The van der Waals surface area contributed by atoms with E-state index in [1.807, 2.05) is 45.9 Å². The van der Waals surface area contributed by atoms with Gasteiger partial charge in [0.05, 0.1) is 10.4 Å². The van der Waals surface area contributed by atoms with Crippen molar-refractivity contribution in [3.8, 4) is 0 Å². The molecular weight excluding hydrogens is 430 g/mol. The molecule has 0 saturated carbocycles. The van der Waals surface area contributed by atoms with E-state index >= 15 is 0 Å². The molecule has 1 aliphatic heterocycles. The smallest absolute Gasteiger partial charge is 0.408 e. The Morgan fingerprint density at radius 1 is 0.969 bits per heavy atom. The lowest BCUT2D eigenvalue weighted by Gasteiger charge is -2.34. The van der Waals surface area contributed by atoms with E-state index in [4.69, 9.17) is 4.42 Å². The van der Waals surface area contributed by atoms with Crippen LogP contribution in [0.5, 0.6) is 0 Å². The first-order valence-electron chi connectivity index (χ1n) is 10.6. The van der Waals surface area contributed by atoms with Gasteiger partial charge in [0.2, 0.25) is 10.0 Å². The van der Waals surface area contributed by atoms with Crippen molar-refractivity contribution in [1.82, 2.24) is 13.8 Å². The number of carbonyl (C=O) groups excluding carboxylic acids is 1. The van der Waals surface area contributed by atoms with Crippen LogP contribution >= 0.6 is 0 Å². The molecule has 1 saturated heterocycles. The Morgan fingerprint density at radius 3 is 2.19 bits per heavy atom. The second-order valence-corrected chi connectivity index (χ2v) is 10.5. The van der Waals surface area contributed by atoms with Crippen molar-refractivity contribution in [2.24, 2.45) is 0 Å². The predicted molar refractivity (Wildman–Crippen MR) is 121 cm³/mol. The number of amides is 1. The minimum atomic E-state index is -3.78. The molecule has 2 heterocycles. The predicted octanol–water partition coefficient (Wildman–Crippen LogP) is 2.94. The van der Waals surface area contributed by atoms with E-state index in [9.17, 15) is 18.0 Å². The lowest BCUT2D eigenvalue weighted by molar-refractivity contribution is 0.0697. The fourth-order valence-corrected chi connectivity index (χ4v) is 5.67. The molecule has 0 atom stereocenters. The fraction of sp³-hybridized carbons (Fsp3) is 0.391. The molecule has 1 aromatic heterocycles. The molecule has 9 heteroatoms. The van der Waals surface area contributed by atoms with Crippen molar-refractivity contribution in [2.45, 2.75) is 38.6 Å². The first kappa shape index (κ1) is 22.3. The molecule has 0 aliphatic carbocycles. The molecule has 0 bridgehead atoms. The molecular formula is C23H27N3O5S. The molecule has 0 unspecified atom stereocenters. The van der Waals surface area contributed by atoms with Gasteiger partial charge in [-0.15, -0.1) is 0 Å². The summed E-state index contributed by atoms with van der Waals surface area (Å²) in [6, 6.07) is 10.1. The standard InChI is InChI=1S/C23H27N3O5S/c1-15(2)26-20-6-5-19(14-21(20)31-23(26)28)32(29,30)25-9-7-24(8-10-25)22(27)18-12-16(3)11-17(4)13-18/h5-6,11-15H,7-10H2,1-4H3. The molecule has 170 valence electrons. The van der Waals surface area contributed by atoms with Gasteiger partial charge in [-0.25, -0.2) is 13.2 Å². The van der Waals surface area contributed by atoms with Gasteiger partial charge in [0.1, 0.15) is 0 Å². The summed E-state index contributed by atoms with van der Waals surface area (Å²) in [5, 5.41) is 0. The number of hydrogen-bond acceptors (Lipinski definition) is 5. The van der Waals surface area contributed by atoms with Crippen molar-refractivity contribution >= 4 is 27.0 Å². The highest BCUT2D eigenvalue weighted by molar-refractivity contribution is 7.89. The second-order valence-electron chi connectivity index (χ2n) is 8.53. The molecule has 3 aromatic rings.